The number of hydrogen-bond donors (Lipinski definition) is 2. The van der Waals surface area contributed by atoms with Crippen molar-refractivity contribution in [3.05, 3.63) is 77.9 Å². The fourth-order valence-corrected chi connectivity index (χ4v) is 2.61. The first-order chi connectivity index (χ1) is 10.8. The van der Waals surface area contributed by atoms with E-state index in [1.807, 2.05) is 42.7 Å². The maximum atomic E-state index is 11.9. The second-order valence-electron chi connectivity index (χ2n) is 5.13. The van der Waals surface area contributed by atoms with Crippen LogP contribution in [0.4, 0.5) is 0 Å². The molecule has 110 valence electrons. The van der Waals surface area contributed by atoms with Crippen molar-refractivity contribution in [2.45, 2.75) is 12.8 Å². The summed E-state index contributed by atoms with van der Waals surface area (Å²) in [5.74, 6) is -0.438. The monoisotopic (exact) mass is 291 g/mol. The third kappa shape index (κ3) is 2.91. The lowest BCUT2D eigenvalue weighted by molar-refractivity contribution is 0.0999. The highest BCUT2D eigenvalue weighted by atomic mass is 16.1. The molecule has 0 radical (unpaired) electrons. The molecule has 0 aliphatic rings. The standard InChI is InChI=1S/C18H17N3O/c19-18(22)17-15(14-8-10-20-12-14)9-11-21-16(17)7-6-13-4-2-1-3-5-13/h1-5,8-12,20H,6-7H2,(H2,19,22). The molecule has 0 atom stereocenters. The van der Waals surface area contributed by atoms with E-state index in [9.17, 15) is 4.79 Å². The van der Waals surface area contributed by atoms with Gasteiger partial charge in [-0.1, -0.05) is 30.3 Å². The van der Waals surface area contributed by atoms with E-state index in [0.29, 0.717) is 12.0 Å². The zero-order valence-corrected chi connectivity index (χ0v) is 12.1. The number of pyridine rings is 1. The molecule has 2 aromatic heterocycles. The predicted molar refractivity (Wildman–Crippen MR) is 86.4 cm³/mol. The van der Waals surface area contributed by atoms with Crippen molar-refractivity contribution in [3.63, 3.8) is 0 Å². The van der Waals surface area contributed by atoms with Gasteiger partial charge in [-0.3, -0.25) is 9.78 Å². The van der Waals surface area contributed by atoms with E-state index in [1.54, 1.807) is 6.20 Å². The van der Waals surface area contributed by atoms with Gasteiger partial charge in [0, 0.05) is 24.2 Å². The van der Waals surface area contributed by atoms with E-state index < -0.39 is 5.91 Å². The number of amides is 1. The summed E-state index contributed by atoms with van der Waals surface area (Å²) in [4.78, 5) is 19.3. The molecule has 4 nitrogen and oxygen atoms in total. The van der Waals surface area contributed by atoms with Crippen LogP contribution in [0.3, 0.4) is 0 Å². The van der Waals surface area contributed by atoms with Crippen molar-refractivity contribution in [1.82, 2.24) is 9.97 Å². The lowest BCUT2D eigenvalue weighted by atomic mass is 9.97. The Hall–Kier alpha value is -2.88. The molecule has 0 bridgehead atoms. The molecule has 0 spiro atoms. The Morgan fingerprint density at radius 3 is 2.59 bits per heavy atom. The Labute approximate surface area is 129 Å². The van der Waals surface area contributed by atoms with Crippen molar-refractivity contribution >= 4 is 5.91 Å². The fourth-order valence-electron chi connectivity index (χ4n) is 2.61. The summed E-state index contributed by atoms with van der Waals surface area (Å²) >= 11 is 0. The molecule has 3 aromatic rings. The van der Waals surface area contributed by atoms with Crippen LogP contribution in [-0.4, -0.2) is 15.9 Å². The number of carbonyl (C=O) groups is 1. The number of aromatic amines is 1. The van der Waals surface area contributed by atoms with Gasteiger partial charge in [0.1, 0.15) is 0 Å². The summed E-state index contributed by atoms with van der Waals surface area (Å²) < 4.78 is 0. The van der Waals surface area contributed by atoms with Crippen LogP contribution < -0.4 is 5.73 Å². The molecule has 0 fully saturated rings. The number of benzene rings is 1. The summed E-state index contributed by atoms with van der Waals surface area (Å²) in [6, 6.07) is 13.9. The van der Waals surface area contributed by atoms with Gasteiger partial charge in [-0.2, -0.15) is 0 Å². The number of hydrogen-bond acceptors (Lipinski definition) is 2. The quantitative estimate of drug-likeness (QED) is 0.758. The van der Waals surface area contributed by atoms with Crippen LogP contribution in [0.2, 0.25) is 0 Å². The van der Waals surface area contributed by atoms with E-state index in [-0.39, 0.29) is 0 Å². The number of primary amides is 1. The largest absolute Gasteiger partial charge is 0.367 e. The summed E-state index contributed by atoms with van der Waals surface area (Å²) in [7, 11) is 0. The Bertz CT molecular complexity index is 764. The minimum Gasteiger partial charge on any atom is -0.367 e. The van der Waals surface area contributed by atoms with E-state index in [4.69, 9.17) is 5.73 Å². The highest BCUT2D eigenvalue weighted by Crippen LogP contribution is 2.25. The number of carbonyl (C=O) groups excluding carboxylic acids is 1. The van der Waals surface area contributed by atoms with E-state index in [1.165, 1.54) is 5.56 Å². The number of nitrogens with zero attached hydrogens (tertiary/aromatic N) is 1. The molecule has 1 aromatic carbocycles. The van der Waals surface area contributed by atoms with Crippen LogP contribution in [0.25, 0.3) is 11.1 Å². The lowest BCUT2D eigenvalue weighted by Gasteiger charge is -2.10. The highest BCUT2D eigenvalue weighted by Gasteiger charge is 2.16. The zero-order valence-electron chi connectivity index (χ0n) is 12.1. The van der Waals surface area contributed by atoms with Gasteiger partial charge in [0.15, 0.2) is 0 Å². The maximum Gasteiger partial charge on any atom is 0.251 e. The van der Waals surface area contributed by atoms with E-state index in [2.05, 4.69) is 22.1 Å². The van der Waals surface area contributed by atoms with Crippen molar-refractivity contribution in [1.29, 1.82) is 0 Å². The first kappa shape index (κ1) is 14.1. The van der Waals surface area contributed by atoms with Crippen molar-refractivity contribution in [2.75, 3.05) is 0 Å². The number of nitrogens with two attached hydrogens (primary N) is 1. The molecule has 3 N–H and O–H groups in total. The molecule has 4 heteroatoms. The van der Waals surface area contributed by atoms with Crippen LogP contribution in [0.1, 0.15) is 21.6 Å². The van der Waals surface area contributed by atoms with Crippen LogP contribution >= 0.6 is 0 Å². The number of aryl methyl sites for hydroxylation is 2. The number of H-pyrrole nitrogens is 1. The second kappa shape index (κ2) is 6.26. The third-order valence-corrected chi connectivity index (χ3v) is 3.68. The van der Waals surface area contributed by atoms with Crippen LogP contribution in [0.5, 0.6) is 0 Å². The topological polar surface area (TPSA) is 71.8 Å². The van der Waals surface area contributed by atoms with Crippen LogP contribution in [0.15, 0.2) is 61.1 Å². The molecule has 0 aliphatic heterocycles. The van der Waals surface area contributed by atoms with Gasteiger partial charge in [-0.15, -0.1) is 0 Å². The summed E-state index contributed by atoms with van der Waals surface area (Å²) in [5.41, 5.74) is 9.84. The van der Waals surface area contributed by atoms with Gasteiger partial charge in [-0.25, -0.2) is 0 Å². The first-order valence-corrected chi connectivity index (χ1v) is 7.20. The Kier molecular flexibility index (Phi) is 4.01. The van der Waals surface area contributed by atoms with Crippen molar-refractivity contribution in [3.8, 4) is 11.1 Å². The van der Waals surface area contributed by atoms with Gasteiger partial charge >= 0.3 is 0 Å². The van der Waals surface area contributed by atoms with Crippen LogP contribution in [0, 0.1) is 0 Å². The Morgan fingerprint density at radius 1 is 1.09 bits per heavy atom. The summed E-state index contributed by atoms with van der Waals surface area (Å²) in [5, 5.41) is 0. The molecule has 3 rings (SSSR count). The van der Waals surface area contributed by atoms with Gasteiger partial charge in [0.05, 0.1) is 11.3 Å². The second-order valence-corrected chi connectivity index (χ2v) is 5.13. The normalized spacial score (nSPS) is 10.5. The maximum absolute atomic E-state index is 11.9. The van der Waals surface area contributed by atoms with Gasteiger partial charge in [0.25, 0.3) is 5.91 Å². The van der Waals surface area contributed by atoms with E-state index in [0.717, 1.165) is 23.2 Å². The summed E-state index contributed by atoms with van der Waals surface area (Å²) in [6.07, 6.45) is 6.91. The van der Waals surface area contributed by atoms with E-state index >= 15 is 0 Å². The molecular formula is C18H17N3O. The molecular weight excluding hydrogens is 274 g/mol. The lowest BCUT2D eigenvalue weighted by Crippen LogP contribution is -2.17. The zero-order chi connectivity index (χ0) is 15.4. The molecule has 22 heavy (non-hydrogen) atoms. The predicted octanol–water partition coefficient (Wildman–Crippen LogP) is 2.96. The van der Waals surface area contributed by atoms with Gasteiger partial charge in [0.2, 0.25) is 0 Å². The Morgan fingerprint density at radius 2 is 1.91 bits per heavy atom. The molecule has 0 saturated heterocycles. The molecule has 0 saturated carbocycles. The fraction of sp³-hybridized carbons (Fsp3) is 0.111. The molecule has 0 aliphatic carbocycles. The Balaban J connectivity index is 1.94. The average Bonchev–Trinajstić information content (AvgIpc) is 3.07. The number of rotatable bonds is 5. The van der Waals surface area contributed by atoms with Crippen molar-refractivity contribution < 1.29 is 4.79 Å². The SMILES string of the molecule is NC(=O)c1c(-c2cc[nH]c2)ccnc1CCc1ccccc1. The smallest absolute Gasteiger partial charge is 0.251 e. The van der Waals surface area contributed by atoms with Gasteiger partial charge < -0.3 is 10.7 Å². The number of aromatic nitrogens is 2. The molecule has 1 amide bonds. The third-order valence-electron chi connectivity index (χ3n) is 3.68. The minimum atomic E-state index is -0.438. The average molecular weight is 291 g/mol. The first-order valence-electron chi connectivity index (χ1n) is 7.20. The number of nitrogens with one attached hydrogen (secondary N) is 1. The van der Waals surface area contributed by atoms with Crippen LogP contribution in [-0.2, 0) is 12.8 Å². The molecule has 2 heterocycles. The van der Waals surface area contributed by atoms with Crippen molar-refractivity contribution in [2.24, 2.45) is 5.73 Å². The molecule has 0 unspecified atom stereocenters. The summed E-state index contributed by atoms with van der Waals surface area (Å²) in [6.45, 7) is 0. The highest BCUT2D eigenvalue weighted by molar-refractivity contribution is 6.00. The minimum absolute atomic E-state index is 0.438. The van der Waals surface area contributed by atoms with Gasteiger partial charge in [-0.05, 0) is 36.1 Å².